The van der Waals surface area contributed by atoms with Crippen molar-refractivity contribution in [1.29, 1.82) is 0 Å². The van der Waals surface area contributed by atoms with Gasteiger partial charge in [-0.25, -0.2) is 18.7 Å². The second kappa shape index (κ2) is 9.97. The number of aromatic nitrogens is 4. The third-order valence-electron chi connectivity index (χ3n) is 7.20. The molecule has 0 spiro atoms. The van der Waals surface area contributed by atoms with Crippen LogP contribution in [0.4, 0.5) is 14.7 Å². The number of piperazine rings is 1. The molecule has 1 aliphatic heterocycles. The Balaban J connectivity index is 1.46. The lowest BCUT2D eigenvalue weighted by atomic mass is 10.1. The molecule has 0 saturated carbocycles. The highest BCUT2D eigenvalue weighted by atomic mass is 19.1. The second-order valence-corrected chi connectivity index (χ2v) is 9.56. The molecule has 9 nitrogen and oxygen atoms in total. The van der Waals surface area contributed by atoms with Crippen molar-refractivity contribution in [3.63, 3.8) is 0 Å². The van der Waals surface area contributed by atoms with Crippen LogP contribution in [-0.4, -0.2) is 67.5 Å². The smallest absolute Gasteiger partial charge is 0.274 e. The van der Waals surface area contributed by atoms with E-state index >= 15 is 0 Å². The van der Waals surface area contributed by atoms with Crippen LogP contribution in [0.5, 0.6) is 0 Å². The summed E-state index contributed by atoms with van der Waals surface area (Å²) in [4.78, 5) is 37.5. The summed E-state index contributed by atoms with van der Waals surface area (Å²) >= 11 is 0. The first-order chi connectivity index (χ1) is 18.2. The highest BCUT2D eigenvalue weighted by Gasteiger charge is 2.28. The molecule has 11 heteroatoms. The van der Waals surface area contributed by atoms with Crippen molar-refractivity contribution in [1.82, 2.24) is 24.2 Å². The fraction of sp³-hybridized carbons (Fsp3) is 0.333. The molecule has 3 heterocycles. The number of amides is 1. The monoisotopic (exact) mass is 522 g/mol. The largest absolute Gasteiger partial charge is 0.387 e. The molecule has 1 saturated heterocycles. The van der Waals surface area contributed by atoms with Crippen molar-refractivity contribution in [3.8, 4) is 11.1 Å². The number of aliphatic hydroxyl groups is 1. The van der Waals surface area contributed by atoms with E-state index in [2.05, 4.69) is 9.97 Å². The molecule has 0 aliphatic carbocycles. The number of carbonyl (C=O) groups excluding carboxylic acids is 1. The van der Waals surface area contributed by atoms with Gasteiger partial charge in [-0.2, -0.15) is 0 Å². The molecule has 2 unspecified atom stereocenters. The SMILES string of the molecule is CC1CN(c2ncc(-c3ccc4c(=O)n(C)n(C(C)c5cc(F)ccc5F)c4c3)cn2)CCN1C(=O)CO. The van der Waals surface area contributed by atoms with E-state index in [0.717, 1.165) is 29.3 Å². The van der Waals surface area contributed by atoms with Gasteiger partial charge < -0.3 is 14.9 Å². The summed E-state index contributed by atoms with van der Waals surface area (Å²) in [5.74, 6) is -0.866. The summed E-state index contributed by atoms with van der Waals surface area (Å²) in [6.45, 7) is 4.69. The number of nitrogens with zero attached hydrogens (tertiary/aromatic N) is 6. The van der Waals surface area contributed by atoms with Gasteiger partial charge in [-0.1, -0.05) is 6.07 Å². The lowest BCUT2D eigenvalue weighted by Crippen LogP contribution is -2.55. The van der Waals surface area contributed by atoms with E-state index in [-0.39, 0.29) is 23.1 Å². The molecule has 38 heavy (non-hydrogen) atoms. The third-order valence-corrected chi connectivity index (χ3v) is 7.20. The van der Waals surface area contributed by atoms with Gasteiger partial charge in [0, 0.05) is 56.2 Å². The number of hydrogen-bond donors (Lipinski definition) is 1. The molecular formula is C27H28F2N6O3. The van der Waals surface area contributed by atoms with Gasteiger partial charge >= 0.3 is 0 Å². The predicted molar refractivity (Wildman–Crippen MR) is 139 cm³/mol. The Hall–Kier alpha value is -4.12. The molecule has 1 amide bonds. The van der Waals surface area contributed by atoms with E-state index in [1.165, 1.54) is 4.68 Å². The predicted octanol–water partition coefficient (Wildman–Crippen LogP) is 2.71. The van der Waals surface area contributed by atoms with Crippen LogP contribution in [0, 0.1) is 11.6 Å². The maximum absolute atomic E-state index is 14.6. The standard InChI is InChI=1S/C27H28F2N6O3/c1-16-14-33(8-9-34(16)25(37)15-36)27-30-12-19(13-31-27)18-4-6-21-24(10-18)35(32(3)26(21)38)17(2)22-11-20(28)5-7-23(22)29/h4-7,10-13,16-17,36H,8-9,14-15H2,1-3H3. The highest BCUT2D eigenvalue weighted by Crippen LogP contribution is 2.29. The molecule has 2 atom stereocenters. The molecule has 1 aliphatic rings. The first kappa shape index (κ1) is 25.5. The lowest BCUT2D eigenvalue weighted by Gasteiger charge is -2.39. The van der Waals surface area contributed by atoms with Crippen molar-refractivity contribution in [2.45, 2.75) is 25.9 Å². The highest BCUT2D eigenvalue weighted by molar-refractivity contribution is 5.84. The summed E-state index contributed by atoms with van der Waals surface area (Å²) in [5, 5.41) is 9.62. The summed E-state index contributed by atoms with van der Waals surface area (Å²) in [5.41, 5.74) is 1.97. The minimum Gasteiger partial charge on any atom is -0.387 e. The van der Waals surface area contributed by atoms with Gasteiger partial charge in [0.2, 0.25) is 11.9 Å². The number of fused-ring (bicyclic) bond motifs is 1. The molecule has 0 radical (unpaired) electrons. The average Bonchev–Trinajstić information content (AvgIpc) is 3.18. The quantitative estimate of drug-likeness (QED) is 0.433. The molecule has 0 bridgehead atoms. The maximum atomic E-state index is 14.6. The van der Waals surface area contributed by atoms with Crippen LogP contribution in [0.3, 0.4) is 0 Å². The Kier molecular flexibility index (Phi) is 6.70. The van der Waals surface area contributed by atoms with Gasteiger partial charge in [0.25, 0.3) is 5.56 Å². The van der Waals surface area contributed by atoms with Crippen molar-refractivity contribution < 1.29 is 18.7 Å². The zero-order valence-electron chi connectivity index (χ0n) is 21.3. The second-order valence-electron chi connectivity index (χ2n) is 9.56. The van der Waals surface area contributed by atoms with E-state index in [0.29, 0.717) is 36.5 Å². The van der Waals surface area contributed by atoms with E-state index < -0.39 is 24.3 Å². The average molecular weight is 523 g/mol. The number of aliphatic hydroxyl groups excluding tert-OH is 1. The number of rotatable bonds is 5. The molecule has 5 rings (SSSR count). The van der Waals surface area contributed by atoms with Crippen LogP contribution in [0.15, 0.2) is 53.6 Å². The first-order valence-corrected chi connectivity index (χ1v) is 12.3. The Morgan fingerprint density at radius 2 is 1.84 bits per heavy atom. The lowest BCUT2D eigenvalue weighted by molar-refractivity contribution is -0.136. The van der Waals surface area contributed by atoms with Crippen molar-refractivity contribution >= 4 is 22.8 Å². The number of benzene rings is 2. The Bertz CT molecular complexity index is 1570. The van der Waals surface area contributed by atoms with Crippen molar-refractivity contribution in [2.75, 3.05) is 31.1 Å². The van der Waals surface area contributed by atoms with Gasteiger partial charge in [-0.15, -0.1) is 0 Å². The molecule has 2 aromatic carbocycles. The number of halogens is 2. The van der Waals surface area contributed by atoms with Gasteiger partial charge in [-0.05, 0) is 49.7 Å². The van der Waals surface area contributed by atoms with Crippen molar-refractivity contribution in [2.24, 2.45) is 7.05 Å². The van der Waals surface area contributed by atoms with Crippen LogP contribution >= 0.6 is 0 Å². The summed E-state index contributed by atoms with van der Waals surface area (Å²) in [6.07, 6.45) is 3.39. The van der Waals surface area contributed by atoms with Crippen molar-refractivity contribution in [3.05, 3.63) is 76.3 Å². The van der Waals surface area contributed by atoms with Gasteiger partial charge in [0.15, 0.2) is 0 Å². The molecule has 1 fully saturated rings. The van der Waals surface area contributed by atoms with Crippen LogP contribution in [0.2, 0.25) is 0 Å². The minimum atomic E-state index is -0.645. The molecular weight excluding hydrogens is 494 g/mol. The summed E-state index contributed by atoms with van der Waals surface area (Å²) in [6, 6.07) is 7.90. The number of hydrogen-bond acceptors (Lipinski definition) is 6. The molecule has 198 valence electrons. The fourth-order valence-electron chi connectivity index (χ4n) is 5.18. The number of anilines is 1. The maximum Gasteiger partial charge on any atom is 0.274 e. The Morgan fingerprint density at radius 3 is 2.53 bits per heavy atom. The Labute approximate surface area is 217 Å². The third kappa shape index (κ3) is 4.43. The first-order valence-electron chi connectivity index (χ1n) is 12.3. The number of carbonyl (C=O) groups is 1. The van der Waals surface area contributed by atoms with Gasteiger partial charge in [0.05, 0.1) is 16.9 Å². The Morgan fingerprint density at radius 1 is 1.11 bits per heavy atom. The molecule has 2 aromatic heterocycles. The summed E-state index contributed by atoms with van der Waals surface area (Å²) in [7, 11) is 1.60. The zero-order chi connectivity index (χ0) is 27.1. The normalized spacial score (nSPS) is 16.7. The van der Waals surface area contributed by atoms with Crippen LogP contribution in [0.1, 0.15) is 25.5 Å². The van der Waals surface area contributed by atoms with E-state index in [1.807, 2.05) is 17.9 Å². The van der Waals surface area contributed by atoms with Crippen LogP contribution < -0.4 is 10.5 Å². The topological polar surface area (TPSA) is 96.5 Å². The van der Waals surface area contributed by atoms with Crippen LogP contribution in [0.25, 0.3) is 22.0 Å². The summed E-state index contributed by atoms with van der Waals surface area (Å²) < 4.78 is 31.5. The van der Waals surface area contributed by atoms with Gasteiger partial charge in [0.1, 0.15) is 18.2 Å². The van der Waals surface area contributed by atoms with Crippen LogP contribution in [-0.2, 0) is 11.8 Å². The fourth-order valence-corrected chi connectivity index (χ4v) is 5.18. The minimum absolute atomic E-state index is 0.0891. The van der Waals surface area contributed by atoms with E-state index in [9.17, 15) is 18.4 Å². The molecule has 1 N–H and O–H groups in total. The van der Waals surface area contributed by atoms with E-state index in [1.54, 1.807) is 48.1 Å². The van der Waals surface area contributed by atoms with E-state index in [4.69, 9.17) is 5.11 Å². The molecule has 4 aromatic rings. The van der Waals surface area contributed by atoms with Gasteiger partial charge in [-0.3, -0.25) is 19.0 Å². The zero-order valence-corrected chi connectivity index (χ0v) is 21.3.